The predicted molar refractivity (Wildman–Crippen MR) is 128 cm³/mol. The molecule has 0 atom stereocenters. The maximum absolute atomic E-state index is 12.7. The summed E-state index contributed by atoms with van der Waals surface area (Å²) in [5, 5.41) is 17.6. The molecule has 2 rings (SSSR count). The first-order valence-corrected chi connectivity index (χ1v) is 11.0. The minimum atomic E-state index is -0.541. The van der Waals surface area contributed by atoms with Crippen LogP contribution in [0.1, 0.15) is 20.3 Å². The van der Waals surface area contributed by atoms with Crippen molar-refractivity contribution in [2.45, 2.75) is 26.8 Å². The molecule has 3 N–H and O–H groups in total. The number of hydrogen-bond donors (Lipinski definition) is 3. The Balaban J connectivity index is 2.37. The maximum Gasteiger partial charge on any atom is 0.277 e. The fourth-order valence-corrected chi connectivity index (χ4v) is 3.65. The van der Waals surface area contributed by atoms with E-state index in [-0.39, 0.29) is 23.5 Å². The van der Waals surface area contributed by atoms with E-state index in [9.17, 15) is 19.6 Å². The zero-order valence-corrected chi connectivity index (χ0v) is 19.5. The van der Waals surface area contributed by atoms with Gasteiger partial charge in [0, 0.05) is 37.8 Å². The number of ether oxygens (including phenoxy) is 1. The predicted octanol–water partition coefficient (Wildman–Crippen LogP) is 0.875. The van der Waals surface area contributed by atoms with Crippen LogP contribution in [-0.2, 0) is 20.9 Å². The van der Waals surface area contributed by atoms with Crippen LogP contribution < -0.4 is 30.7 Å². The highest BCUT2D eigenvalue weighted by atomic mass is 32.1. The number of likely N-dealkylation sites (N-methyl/N-ethyl adjacent to an activating group) is 1. The number of amides is 2. The number of nitrogens with one attached hydrogen (secondary N) is 3. The molecule has 0 saturated carbocycles. The standard InChI is InChI=1S/C23H25N5O4S/c1-4-25-22(30)16(15-24)13-21-28(5-2)23(31)19(33-21)9-11-26-17-7-6-8-18(14-17)27-20(29)10-12-32-3/h6-8,11,14,26H,4-5,10,12H2,1-3H3,(H,25,30)(H,27,29). The smallest absolute Gasteiger partial charge is 0.277 e. The van der Waals surface area contributed by atoms with Crippen molar-refractivity contribution in [2.24, 2.45) is 0 Å². The topological polar surface area (TPSA) is 125 Å². The van der Waals surface area contributed by atoms with Gasteiger partial charge in [0.05, 0.1) is 13.0 Å². The number of aromatic nitrogens is 1. The molecule has 9 nitrogen and oxygen atoms in total. The number of methoxy groups -OCH3 is 1. The van der Waals surface area contributed by atoms with Gasteiger partial charge < -0.3 is 20.7 Å². The lowest BCUT2D eigenvalue weighted by molar-refractivity contribution is -0.117. The summed E-state index contributed by atoms with van der Waals surface area (Å²) in [6.07, 6.45) is 1.74. The van der Waals surface area contributed by atoms with Crippen molar-refractivity contribution in [3.8, 4) is 6.07 Å². The summed E-state index contributed by atoms with van der Waals surface area (Å²) in [5.41, 5.74) is 6.46. The van der Waals surface area contributed by atoms with Gasteiger partial charge in [0.2, 0.25) is 5.91 Å². The second kappa shape index (κ2) is 12.9. The van der Waals surface area contributed by atoms with E-state index in [0.29, 0.717) is 40.3 Å². The molecular weight excluding hydrogens is 442 g/mol. The van der Waals surface area contributed by atoms with Gasteiger partial charge in [-0.1, -0.05) is 28.9 Å². The summed E-state index contributed by atoms with van der Waals surface area (Å²) >= 11 is 1.08. The summed E-state index contributed by atoms with van der Waals surface area (Å²) in [4.78, 5) is 36.5. The molecule has 0 unspecified atom stereocenters. The summed E-state index contributed by atoms with van der Waals surface area (Å²) < 4.78 is 6.98. The highest BCUT2D eigenvalue weighted by Gasteiger charge is 2.08. The average molecular weight is 468 g/mol. The highest BCUT2D eigenvalue weighted by Crippen LogP contribution is 2.15. The van der Waals surface area contributed by atoms with Gasteiger partial charge in [0.15, 0.2) is 5.57 Å². The molecule has 33 heavy (non-hydrogen) atoms. The summed E-state index contributed by atoms with van der Waals surface area (Å²) in [6, 6.07) is 8.90. The largest absolute Gasteiger partial charge is 0.384 e. The lowest BCUT2D eigenvalue weighted by Gasteiger charge is -2.06. The molecule has 0 aliphatic carbocycles. The van der Waals surface area contributed by atoms with Crippen LogP contribution in [0.2, 0.25) is 0 Å². The summed E-state index contributed by atoms with van der Waals surface area (Å²) in [7, 11) is 1.53. The van der Waals surface area contributed by atoms with Crippen molar-refractivity contribution in [3.05, 3.63) is 55.6 Å². The zero-order chi connectivity index (χ0) is 24.2. The molecule has 0 bridgehead atoms. The molecular formula is C23H25N5O4S. The number of nitrogens with zero attached hydrogens (tertiary/aromatic N) is 2. The Labute approximate surface area is 195 Å². The van der Waals surface area contributed by atoms with Crippen molar-refractivity contribution < 1.29 is 14.3 Å². The molecule has 2 amide bonds. The number of carbonyl (C=O) groups excluding carboxylic acids is 2. The lowest BCUT2D eigenvalue weighted by Crippen LogP contribution is -2.30. The number of carbonyl (C=O) groups is 2. The Morgan fingerprint density at radius 3 is 2.70 bits per heavy atom. The average Bonchev–Trinajstić information content (AvgIpc) is 3.10. The van der Waals surface area contributed by atoms with E-state index >= 15 is 0 Å². The van der Waals surface area contributed by atoms with Crippen LogP contribution in [-0.4, -0.2) is 36.6 Å². The van der Waals surface area contributed by atoms with E-state index in [4.69, 9.17) is 4.74 Å². The number of nitriles is 1. The van der Waals surface area contributed by atoms with Gasteiger partial charge in [0.1, 0.15) is 15.3 Å². The third kappa shape index (κ3) is 7.35. The Bertz CT molecular complexity index is 1310. The molecule has 0 aliphatic rings. The Morgan fingerprint density at radius 1 is 1.27 bits per heavy atom. The first-order valence-electron chi connectivity index (χ1n) is 10.2. The van der Waals surface area contributed by atoms with Gasteiger partial charge >= 0.3 is 0 Å². The number of thiazole rings is 1. The third-order valence-electron chi connectivity index (χ3n) is 4.23. The zero-order valence-electron chi connectivity index (χ0n) is 18.7. The van der Waals surface area contributed by atoms with E-state index in [1.807, 2.05) is 6.07 Å². The maximum atomic E-state index is 12.7. The molecule has 0 saturated heterocycles. The second-order valence-corrected chi connectivity index (χ2v) is 7.56. The Morgan fingerprint density at radius 2 is 2.03 bits per heavy atom. The van der Waals surface area contributed by atoms with Crippen LogP contribution in [0.25, 0.3) is 11.5 Å². The molecule has 0 spiro atoms. The monoisotopic (exact) mass is 467 g/mol. The van der Waals surface area contributed by atoms with E-state index in [1.54, 1.807) is 38.1 Å². The van der Waals surface area contributed by atoms with Gasteiger partial charge in [-0.3, -0.25) is 19.0 Å². The summed E-state index contributed by atoms with van der Waals surface area (Å²) in [6.45, 7) is 4.60. The van der Waals surface area contributed by atoms with Gasteiger partial charge in [-0.25, -0.2) is 0 Å². The molecule has 1 aromatic heterocycles. The van der Waals surface area contributed by atoms with Gasteiger partial charge in [-0.05, 0) is 32.0 Å². The molecule has 0 fully saturated rings. The van der Waals surface area contributed by atoms with Crippen molar-refractivity contribution in [3.63, 3.8) is 0 Å². The van der Waals surface area contributed by atoms with Crippen LogP contribution in [0, 0.1) is 11.3 Å². The number of anilines is 2. The fourth-order valence-electron chi connectivity index (χ4n) is 2.66. The normalized spacial score (nSPS) is 9.76. The fraction of sp³-hybridized carbons (Fsp3) is 0.304. The van der Waals surface area contributed by atoms with Crippen molar-refractivity contribution in [1.29, 1.82) is 5.26 Å². The minimum Gasteiger partial charge on any atom is -0.384 e. The number of hydrogen-bond acceptors (Lipinski definition) is 7. The lowest BCUT2D eigenvalue weighted by atomic mass is 10.2. The number of benzene rings is 1. The first-order chi connectivity index (χ1) is 15.9. The third-order valence-corrected chi connectivity index (χ3v) is 5.24. The molecule has 1 aromatic carbocycles. The van der Waals surface area contributed by atoms with Crippen molar-refractivity contribution in [1.82, 2.24) is 9.88 Å². The van der Waals surface area contributed by atoms with Gasteiger partial charge in [0.25, 0.3) is 11.5 Å². The molecule has 0 aliphatic heterocycles. The summed E-state index contributed by atoms with van der Waals surface area (Å²) in [5.74, 6) is -0.698. The Kier molecular flexibility index (Phi) is 9.90. The van der Waals surface area contributed by atoms with Crippen LogP contribution >= 0.6 is 11.3 Å². The SMILES string of the molecule is CCNC(=O)C(=C=c1sc(=C=CNc2cccc(NC(=O)CCOC)c2)c(=O)n1CC)C#N. The minimum absolute atomic E-state index is 0.156. The van der Waals surface area contributed by atoms with E-state index in [2.05, 4.69) is 27.4 Å². The van der Waals surface area contributed by atoms with Crippen LogP contribution in [0.3, 0.4) is 0 Å². The van der Waals surface area contributed by atoms with Crippen molar-refractivity contribution >= 4 is 46.0 Å². The molecule has 172 valence electrons. The van der Waals surface area contributed by atoms with Gasteiger partial charge in [-0.2, -0.15) is 5.26 Å². The van der Waals surface area contributed by atoms with Crippen LogP contribution in [0.4, 0.5) is 11.4 Å². The van der Waals surface area contributed by atoms with E-state index in [1.165, 1.54) is 17.9 Å². The van der Waals surface area contributed by atoms with E-state index < -0.39 is 5.91 Å². The second-order valence-electron chi connectivity index (χ2n) is 6.56. The van der Waals surface area contributed by atoms with Crippen molar-refractivity contribution in [2.75, 3.05) is 30.9 Å². The number of rotatable bonds is 9. The molecule has 10 heteroatoms. The Hall–Kier alpha value is -3.86. The van der Waals surface area contributed by atoms with Crippen LogP contribution in [0.15, 0.2) is 40.8 Å². The quantitative estimate of drug-likeness (QED) is 0.371. The molecule has 0 radical (unpaired) electrons. The molecule has 1 heterocycles. The molecule has 2 aromatic rings. The van der Waals surface area contributed by atoms with Crippen LogP contribution in [0.5, 0.6) is 0 Å². The van der Waals surface area contributed by atoms with Gasteiger partial charge in [-0.15, -0.1) is 0 Å². The highest BCUT2D eigenvalue weighted by molar-refractivity contribution is 7.07. The van der Waals surface area contributed by atoms with E-state index in [0.717, 1.165) is 11.3 Å². The first kappa shape index (κ1) is 25.4.